The Morgan fingerprint density at radius 3 is 2.61 bits per heavy atom. The minimum absolute atomic E-state index is 0.0745. The molecular weight excluding hydrogens is 461 g/mol. The molecule has 0 atom stereocenters. The van der Waals surface area contributed by atoms with Crippen molar-refractivity contribution in [1.29, 1.82) is 0 Å². The Labute approximate surface area is 207 Å². The number of carbonyl (C=O) groups is 1. The van der Waals surface area contributed by atoms with Crippen molar-refractivity contribution in [2.75, 3.05) is 0 Å². The van der Waals surface area contributed by atoms with Gasteiger partial charge in [0.1, 0.15) is 5.82 Å². The van der Waals surface area contributed by atoms with Crippen LogP contribution in [0.2, 0.25) is 0 Å². The van der Waals surface area contributed by atoms with E-state index in [-0.39, 0.29) is 29.8 Å². The van der Waals surface area contributed by atoms with E-state index < -0.39 is 11.5 Å². The second-order valence-electron chi connectivity index (χ2n) is 9.99. The van der Waals surface area contributed by atoms with E-state index in [1.807, 2.05) is 0 Å². The summed E-state index contributed by atoms with van der Waals surface area (Å²) < 4.78 is 18.4. The molecule has 9 heteroatoms. The van der Waals surface area contributed by atoms with Gasteiger partial charge in [-0.2, -0.15) is 0 Å². The summed E-state index contributed by atoms with van der Waals surface area (Å²) >= 11 is 0. The van der Waals surface area contributed by atoms with Crippen molar-refractivity contribution in [3.63, 3.8) is 0 Å². The van der Waals surface area contributed by atoms with Gasteiger partial charge in [0.05, 0.1) is 17.4 Å². The van der Waals surface area contributed by atoms with Gasteiger partial charge in [0.2, 0.25) is 5.78 Å². The van der Waals surface area contributed by atoms with Gasteiger partial charge < -0.3 is 5.32 Å². The molecule has 1 saturated carbocycles. The SMILES string of the molecule is CC(C)CCn1c(=O)c2ccc(C(=O)NC3CCCC3)cc2n2c(=O)n(Cc3ccccc3F)nc12. The largest absolute Gasteiger partial charge is 0.352 e. The molecule has 0 saturated heterocycles. The van der Waals surface area contributed by atoms with Gasteiger partial charge in [-0.25, -0.2) is 18.3 Å². The number of aryl methyl sites for hydroxylation is 1. The molecule has 0 unspecified atom stereocenters. The standard InChI is InChI=1S/C27H30FN5O3/c1-17(2)13-14-31-25(35)21-12-11-18(24(34)29-20-8-4-5-9-20)15-23(21)33-26(31)30-32(27(33)36)16-19-7-3-6-10-22(19)28/h3,6-7,10-12,15,17,20H,4-5,8-9,13-14,16H2,1-2H3,(H,29,34). The molecule has 0 radical (unpaired) electrons. The molecule has 2 heterocycles. The lowest BCUT2D eigenvalue weighted by Crippen LogP contribution is -2.33. The number of carbonyl (C=O) groups excluding carboxylic acids is 1. The van der Waals surface area contributed by atoms with Gasteiger partial charge >= 0.3 is 5.69 Å². The normalized spacial score (nSPS) is 14.3. The lowest BCUT2D eigenvalue weighted by molar-refractivity contribution is 0.0938. The lowest BCUT2D eigenvalue weighted by atomic mass is 10.1. The van der Waals surface area contributed by atoms with Crippen LogP contribution in [0.4, 0.5) is 4.39 Å². The molecule has 2 aromatic heterocycles. The number of nitrogens with one attached hydrogen (secondary N) is 1. The molecule has 188 valence electrons. The van der Waals surface area contributed by atoms with Crippen LogP contribution in [0.25, 0.3) is 16.7 Å². The number of hydrogen-bond donors (Lipinski definition) is 1. The van der Waals surface area contributed by atoms with E-state index in [2.05, 4.69) is 24.3 Å². The van der Waals surface area contributed by atoms with Crippen molar-refractivity contribution in [2.24, 2.45) is 5.92 Å². The van der Waals surface area contributed by atoms with Crippen molar-refractivity contribution in [1.82, 2.24) is 24.1 Å². The molecule has 4 aromatic rings. The van der Waals surface area contributed by atoms with E-state index in [4.69, 9.17) is 0 Å². The first kappa shape index (κ1) is 24.0. The van der Waals surface area contributed by atoms with E-state index >= 15 is 0 Å². The number of halogens is 1. The van der Waals surface area contributed by atoms with Gasteiger partial charge in [-0.15, -0.1) is 5.10 Å². The van der Waals surface area contributed by atoms with Gasteiger partial charge in [-0.3, -0.25) is 14.2 Å². The van der Waals surface area contributed by atoms with Crippen molar-refractivity contribution in [2.45, 2.75) is 65.1 Å². The summed E-state index contributed by atoms with van der Waals surface area (Å²) in [5.74, 6) is -0.147. The molecule has 1 N–H and O–H groups in total. The summed E-state index contributed by atoms with van der Waals surface area (Å²) in [5.41, 5.74) is 0.247. The van der Waals surface area contributed by atoms with Crippen molar-refractivity contribution >= 4 is 22.6 Å². The minimum atomic E-state index is -0.495. The summed E-state index contributed by atoms with van der Waals surface area (Å²) in [5, 5.41) is 7.84. The third kappa shape index (κ3) is 4.45. The van der Waals surface area contributed by atoms with E-state index in [0.29, 0.717) is 34.5 Å². The van der Waals surface area contributed by atoms with Crippen LogP contribution in [0, 0.1) is 11.7 Å². The molecule has 36 heavy (non-hydrogen) atoms. The number of hydrogen-bond acceptors (Lipinski definition) is 4. The van der Waals surface area contributed by atoms with Crippen LogP contribution in [-0.2, 0) is 13.1 Å². The lowest BCUT2D eigenvalue weighted by Gasteiger charge is -2.14. The number of benzene rings is 2. The van der Waals surface area contributed by atoms with Crippen LogP contribution in [0.1, 0.15) is 61.9 Å². The number of aromatic nitrogens is 4. The van der Waals surface area contributed by atoms with Crippen LogP contribution in [0.3, 0.4) is 0 Å². The topological polar surface area (TPSA) is 90.4 Å². The van der Waals surface area contributed by atoms with E-state index in [9.17, 15) is 18.8 Å². The number of fused-ring (bicyclic) bond motifs is 3. The summed E-state index contributed by atoms with van der Waals surface area (Å²) in [6, 6.07) is 11.2. The maximum Gasteiger partial charge on any atom is 0.352 e. The summed E-state index contributed by atoms with van der Waals surface area (Å²) in [7, 11) is 0. The maximum atomic E-state index is 14.3. The molecule has 0 bridgehead atoms. The molecule has 5 rings (SSSR count). The molecule has 0 spiro atoms. The maximum absolute atomic E-state index is 14.3. The van der Waals surface area contributed by atoms with Crippen LogP contribution in [0.5, 0.6) is 0 Å². The Kier molecular flexibility index (Phi) is 6.47. The van der Waals surface area contributed by atoms with Gasteiger partial charge in [0.15, 0.2) is 0 Å². The van der Waals surface area contributed by atoms with Crippen molar-refractivity contribution < 1.29 is 9.18 Å². The monoisotopic (exact) mass is 491 g/mol. The highest BCUT2D eigenvalue weighted by molar-refractivity contribution is 5.98. The first-order chi connectivity index (χ1) is 17.3. The number of nitrogens with zero attached hydrogens (tertiary/aromatic N) is 4. The number of rotatable bonds is 7. The third-order valence-corrected chi connectivity index (χ3v) is 6.94. The minimum Gasteiger partial charge on any atom is -0.349 e. The smallest absolute Gasteiger partial charge is 0.349 e. The second-order valence-corrected chi connectivity index (χ2v) is 9.99. The highest BCUT2D eigenvalue weighted by Crippen LogP contribution is 2.20. The predicted octanol–water partition coefficient (Wildman–Crippen LogP) is 3.72. The molecule has 1 aliphatic rings. The van der Waals surface area contributed by atoms with Gasteiger partial charge in [-0.05, 0) is 49.4 Å². The van der Waals surface area contributed by atoms with Gasteiger partial charge in [0.25, 0.3) is 11.5 Å². The van der Waals surface area contributed by atoms with Gasteiger partial charge in [-0.1, -0.05) is 44.9 Å². The van der Waals surface area contributed by atoms with Crippen LogP contribution in [-0.4, -0.2) is 30.7 Å². The third-order valence-electron chi connectivity index (χ3n) is 6.94. The highest BCUT2D eigenvalue weighted by Gasteiger charge is 2.22. The zero-order valence-corrected chi connectivity index (χ0v) is 20.5. The molecular formula is C27H30FN5O3. The molecule has 1 amide bonds. The fraction of sp³-hybridized carbons (Fsp3) is 0.407. The molecule has 8 nitrogen and oxygen atoms in total. The van der Waals surface area contributed by atoms with E-state index in [0.717, 1.165) is 32.1 Å². The zero-order chi connectivity index (χ0) is 25.4. The quantitative estimate of drug-likeness (QED) is 0.427. The molecule has 1 aliphatic carbocycles. The summed E-state index contributed by atoms with van der Waals surface area (Å²) in [6.07, 6.45) is 4.81. The van der Waals surface area contributed by atoms with E-state index in [1.165, 1.54) is 19.7 Å². The van der Waals surface area contributed by atoms with Crippen molar-refractivity contribution in [3.8, 4) is 0 Å². The first-order valence-electron chi connectivity index (χ1n) is 12.5. The average Bonchev–Trinajstić information content (AvgIpc) is 3.48. The number of amides is 1. The Morgan fingerprint density at radius 1 is 1.14 bits per heavy atom. The predicted molar refractivity (Wildman–Crippen MR) is 136 cm³/mol. The molecule has 2 aromatic carbocycles. The average molecular weight is 492 g/mol. The molecule has 1 fully saturated rings. The first-order valence-corrected chi connectivity index (χ1v) is 12.5. The van der Waals surface area contributed by atoms with E-state index in [1.54, 1.807) is 36.4 Å². The zero-order valence-electron chi connectivity index (χ0n) is 20.5. The fourth-order valence-electron chi connectivity index (χ4n) is 4.88. The van der Waals surface area contributed by atoms with Gasteiger partial charge in [0, 0.05) is 23.7 Å². The Morgan fingerprint density at radius 2 is 1.89 bits per heavy atom. The Bertz CT molecular complexity index is 1560. The molecule has 0 aliphatic heterocycles. The fourth-order valence-corrected chi connectivity index (χ4v) is 4.88. The summed E-state index contributed by atoms with van der Waals surface area (Å²) in [4.78, 5) is 40.0. The summed E-state index contributed by atoms with van der Waals surface area (Å²) in [6.45, 7) is 4.42. The Balaban J connectivity index is 1.67. The van der Waals surface area contributed by atoms with Crippen LogP contribution >= 0.6 is 0 Å². The highest BCUT2D eigenvalue weighted by atomic mass is 19.1. The van der Waals surface area contributed by atoms with Crippen LogP contribution in [0.15, 0.2) is 52.1 Å². The van der Waals surface area contributed by atoms with Crippen molar-refractivity contribution in [3.05, 3.63) is 80.2 Å². The Hall–Kier alpha value is -3.75. The second kappa shape index (κ2) is 9.72. The van der Waals surface area contributed by atoms with Crippen LogP contribution < -0.4 is 16.6 Å².